The molecule has 0 unspecified atom stereocenters. The monoisotopic (exact) mass is 352 g/mol. The van der Waals surface area contributed by atoms with Gasteiger partial charge in [-0.25, -0.2) is 13.2 Å². The van der Waals surface area contributed by atoms with Crippen LogP contribution in [-0.4, -0.2) is 55.0 Å². The van der Waals surface area contributed by atoms with Gasteiger partial charge in [0.2, 0.25) is 10.0 Å². The lowest BCUT2D eigenvalue weighted by atomic mass is 10.1. The molecule has 1 aliphatic rings. The second-order valence-corrected chi connectivity index (χ2v) is 7.06. The molecule has 2 rings (SSSR count). The van der Waals surface area contributed by atoms with Crippen LogP contribution < -0.4 is 0 Å². The highest BCUT2D eigenvalue weighted by Gasteiger charge is 2.35. The SMILES string of the molecule is Cc1ccc(C(F)(F)F)cc1S(=O)(=O)N1CCN(C(=O)O)CC1. The Balaban J connectivity index is 2.32. The topological polar surface area (TPSA) is 77.9 Å². The Kier molecular flexibility index (Phi) is 4.58. The average Bonchev–Trinajstić information content (AvgIpc) is 2.46. The van der Waals surface area contributed by atoms with Crippen LogP contribution in [0.1, 0.15) is 11.1 Å². The summed E-state index contributed by atoms with van der Waals surface area (Å²) in [4.78, 5) is 11.5. The maximum atomic E-state index is 12.8. The number of carbonyl (C=O) groups is 1. The van der Waals surface area contributed by atoms with Gasteiger partial charge in [0.05, 0.1) is 10.5 Å². The van der Waals surface area contributed by atoms with Gasteiger partial charge in [0.1, 0.15) is 0 Å². The van der Waals surface area contributed by atoms with Crippen molar-refractivity contribution >= 4 is 16.1 Å². The van der Waals surface area contributed by atoms with Crippen LogP contribution in [-0.2, 0) is 16.2 Å². The van der Waals surface area contributed by atoms with Crippen LogP contribution in [0.15, 0.2) is 23.1 Å². The molecule has 1 heterocycles. The van der Waals surface area contributed by atoms with E-state index in [1.807, 2.05) is 0 Å². The molecule has 23 heavy (non-hydrogen) atoms. The normalized spacial score (nSPS) is 17.3. The number of amides is 1. The van der Waals surface area contributed by atoms with Crippen molar-refractivity contribution in [2.45, 2.75) is 18.0 Å². The molecule has 0 radical (unpaired) electrons. The molecular weight excluding hydrogens is 337 g/mol. The number of hydrogen-bond donors (Lipinski definition) is 1. The molecule has 0 aromatic heterocycles. The average molecular weight is 352 g/mol. The lowest BCUT2D eigenvalue weighted by Crippen LogP contribution is -2.50. The number of rotatable bonds is 2. The van der Waals surface area contributed by atoms with E-state index in [0.717, 1.165) is 21.3 Å². The van der Waals surface area contributed by atoms with E-state index in [4.69, 9.17) is 5.11 Å². The summed E-state index contributed by atoms with van der Waals surface area (Å²) >= 11 is 0. The molecule has 1 amide bonds. The Morgan fingerprint density at radius 1 is 1.17 bits per heavy atom. The minimum absolute atomic E-state index is 0.0213. The highest BCUT2D eigenvalue weighted by molar-refractivity contribution is 7.89. The third-order valence-electron chi connectivity index (χ3n) is 3.64. The number of nitrogens with zero attached hydrogens (tertiary/aromatic N) is 2. The quantitative estimate of drug-likeness (QED) is 0.883. The van der Waals surface area contributed by atoms with Crippen molar-refractivity contribution in [2.24, 2.45) is 0 Å². The van der Waals surface area contributed by atoms with E-state index >= 15 is 0 Å². The van der Waals surface area contributed by atoms with E-state index in [1.54, 1.807) is 0 Å². The highest BCUT2D eigenvalue weighted by Crippen LogP contribution is 2.32. The zero-order chi connectivity index (χ0) is 17.4. The Hall–Kier alpha value is -1.81. The molecule has 1 fully saturated rings. The van der Waals surface area contributed by atoms with Gasteiger partial charge in [-0.2, -0.15) is 17.5 Å². The van der Waals surface area contributed by atoms with Crippen LogP contribution in [0, 0.1) is 6.92 Å². The van der Waals surface area contributed by atoms with Gasteiger partial charge in [0, 0.05) is 26.2 Å². The fourth-order valence-corrected chi connectivity index (χ4v) is 3.99. The van der Waals surface area contributed by atoms with Crippen molar-refractivity contribution in [3.05, 3.63) is 29.3 Å². The smallest absolute Gasteiger partial charge is 0.416 e. The van der Waals surface area contributed by atoms with E-state index < -0.39 is 32.8 Å². The summed E-state index contributed by atoms with van der Waals surface area (Å²) in [5.74, 6) is 0. The Morgan fingerprint density at radius 3 is 2.22 bits per heavy atom. The molecular formula is C13H15F3N2O4S. The van der Waals surface area contributed by atoms with E-state index in [1.165, 1.54) is 6.92 Å². The minimum Gasteiger partial charge on any atom is -0.465 e. The lowest BCUT2D eigenvalue weighted by molar-refractivity contribution is -0.137. The second-order valence-electron chi connectivity index (χ2n) is 5.15. The van der Waals surface area contributed by atoms with E-state index in [-0.39, 0.29) is 31.7 Å². The minimum atomic E-state index is -4.64. The highest BCUT2D eigenvalue weighted by atomic mass is 32.2. The number of benzene rings is 1. The fraction of sp³-hybridized carbons (Fsp3) is 0.462. The molecule has 1 aromatic rings. The number of aryl methyl sites for hydroxylation is 1. The first-order valence-corrected chi connectivity index (χ1v) is 8.13. The largest absolute Gasteiger partial charge is 0.465 e. The summed E-state index contributed by atoms with van der Waals surface area (Å²) in [6.45, 7) is 1.19. The zero-order valence-electron chi connectivity index (χ0n) is 12.2. The van der Waals surface area contributed by atoms with Gasteiger partial charge < -0.3 is 10.0 Å². The van der Waals surface area contributed by atoms with E-state index in [9.17, 15) is 26.4 Å². The summed E-state index contributed by atoms with van der Waals surface area (Å²) < 4.78 is 64.5. The zero-order valence-corrected chi connectivity index (χ0v) is 13.0. The van der Waals surface area contributed by atoms with E-state index in [0.29, 0.717) is 6.07 Å². The van der Waals surface area contributed by atoms with Gasteiger partial charge in [-0.15, -0.1) is 0 Å². The molecule has 0 saturated carbocycles. The lowest BCUT2D eigenvalue weighted by Gasteiger charge is -2.32. The van der Waals surface area contributed by atoms with Crippen LogP contribution in [0.3, 0.4) is 0 Å². The van der Waals surface area contributed by atoms with Crippen LogP contribution >= 0.6 is 0 Å². The summed E-state index contributed by atoms with van der Waals surface area (Å²) in [6.07, 6.45) is -5.79. The molecule has 0 spiro atoms. The van der Waals surface area contributed by atoms with E-state index in [2.05, 4.69) is 0 Å². The van der Waals surface area contributed by atoms with Gasteiger partial charge >= 0.3 is 12.3 Å². The number of sulfonamides is 1. The van der Waals surface area contributed by atoms with Crippen LogP contribution in [0.25, 0.3) is 0 Å². The summed E-state index contributed by atoms with van der Waals surface area (Å²) in [5, 5.41) is 8.85. The van der Waals surface area contributed by atoms with Crippen molar-refractivity contribution in [2.75, 3.05) is 26.2 Å². The van der Waals surface area contributed by atoms with Crippen molar-refractivity contribution in [3.63, 3.8) is 0 Å². The van der Waals surface area contributed by atoms with Crippen molar-refractivity contribution in [1.82, 2.24) is 9.21 Å². The van der Waals surface area contributed by atoms with Crippen molar-refractivity contribution in [1.29, 1.82) is 0 Å². The molecule has 1 saturated heterocycles. The van der Waals surface area contributed by atoms with Crippen LogP contribution in [0.4, 0.5) is 18.0 Å². The summed E-state index contributed by atoms with van der Waals surface area (Å²) in [5.41, 5.74) is -0.829. The molecule has 1 aromatic carbocycles. The molecule has 1 N–H and O–H groups in total. The second kappa shape index (κ2) is 6.00. The Morgan fingerprint density at radius 2 is 1.74 bits per heavy atom. The van der Waals surface area contributed by atoms with Gasteiger partial charge in [0.25, 0.3) is 0 Å². The summed E-state index contributed by atoms with van der Waals surface area (Å²) in [6, 6.07) is 2.56. The third kappa shape index (κ3) is 3.58. The molecule has 0 bridgehead atoms. The third-order valence-corrected chi connectivity index (χ3v) is 5.68. The predicted molar refractivity (Wildman–Crippen MR) is 74.5 cm³/mol. The molecule has 1 aliphatic heterocycles. The van der Waals surface area contributed by atoms with Crippen molar-refractivity contribution < 1.29 is 31.5 Å². The van der Waals surface area contributed by atoms with Crippen LogP contribution in [0.2, 0.25) is 0 Å². The fourth-order valence-electron chi connectivity index (χ4n) is 2.31. The predicted octanol–water partition coefficient (Wildman–Crippen LogP) is 2.00. The molecule has 10 heteroatoms. The molecule has 0 atom stereocenters. The van der Waals surface area contributed by atoms with Gasteiger partial charge in [-0.05, 0) is 24.6 Å². The molecule has 6 nitrogen and oxygen atoms in total. The summed E-state index contributed by atoms with van der Waals surface area (Å²) in [7, 11) is -4.11. The molecule has 128 valence electrons. The van der Waals surface area contributed by atoms with Crippen molar-refractivity contribution in [3.8, 4) is 0 Å². The van der Waals surface area contributed by atoms with Gasteiger partial charge in [-0.1, -0.05) is 6.07 Å². The maximum absolute atomic E-state index is 12.8. The first-order valence-electron chi connectivity index (χ1n) is 6.69. The first kappa shape index (κ1) is 17.5. The Bertz CT molecular complexity index is 710. The number of alkyl halides is 3. The van der Waals surface area contributed by atoms with Crippen LogP contribution in [0.5, 0.6) is 0 Å². The first-order chi connectivity index (χ1) is 10.5. The maximum Gasteiger partial charge on any atom is 0.416 e. The standard InChI is InChI=1S/C13H15F3N2O4S/c1-9-2-3-10(13(14,15)16)8-11(9)23(21,22)18-6-4-17(5-7-18)12(19)20/h2-3,8H,4-7H2,1H3,(H,19,20). The van der Waals surface area contributed by atoms with Gasteiger partial charge in [0.15, 0.2) is 0 Å². The Labute approximate surface area is 131 Å². The molecule has 0 aliphatic carbocycles. The number of halogens is 3. The van der Waals surface area contributed by atoms with Gasteiger partial charge in [-0.3, -0.25) is 0 Å². The number of carboxylic acid groups (broad SMARTS) is 1. The number of piperazine rings is 1. The number of hydrogen-bond acceptors (Lipinski definition) is 3.